The van der Waals surface area contributed by atoms with E-state index in [0.717, 1.165) is 40.7 Å². The molecule has 1 N–H and O–H groups in total. The summed E-state index contributed by atoms with van der Waals surface area (Å²) in [7, 11) is 1.69. The van der Waals surface area contributed by atoms with E-state index in [1.807, 2.05) is 17.5 Å². The molecule has 0 saturated carbocycles. The summed E-state index contributed by atoms with van der Waals surface area (Å²) in [5, 5.41) is 17.0. The van der Waals surface area contributed by atoms with Crippen LogP contribution in [-0.2, 0) is 18.3 Å². The molecular weight excluding hydrogens is 619 g/mol. The van der Waals surface area contributed by atoms with Crippen molar-refractivity contribution in [1.29, 1.82) is 5.26 Å². The average molecular weight is 642 g/mol. The van der Waals surface area contributed by atoms with E-state index in [2.05, 4.69) is 20.4 Å². The van der Waals surface area contributed by atoms with Crippen LogP contribution in [0.2, 0.25) is 5.02 Å². The molecule has 4 heterocycles. The quantitative estimate of drug-likeness (QED) is 0.150. The molecule has 1 fully saturated rings. The minimum atomic E-state index is -4.78. The number of benzene rings is 2. The molecule has 2 aromatic carbocycles. The number of hydrogen-bond donors (Lipinski definition) is 1. The van der Waals surface area contributed by atoms with Gasteiger partial charge in [0.2, 0.25) is 5.13 Å². The highest BCUT2D eigenvalue weighted by atomic mass is 35.5. The van der Waals surface area contributed by atoms with Crippen LogP contribution < -0.4 is 5.43 Å². The standard InChI is InChI=1S/C29H23ClF3N7OS2/c1-39-15-22(21-12-18(4-7-23(21)39)27-35-20(16-42-27)14-40-8-10-41-11-9-40)26(29(31,32)33)37-38-28-36-25(24(13-34)43-28)17-2-5-19(30)6-3-17/h2-7,12,15-16H,8-11,14H2,1H3,(H,36,38)/b37-26-. The second-order valence-electron chi connectivity index (χ2n) is 9.80. The largest absolute Gasteiger partial charge is 0.435 e. The van der Waals surface area contributed by atoms with Crippen molar-refractivity contribution in [2.24, 2.45) is 12.1 Å². The minimum Gasteiger partial charge on any atom is -0.379 e. The molecule has 0 bridgehead atoms. The predicted octanol–water partition coefficient (Wildman–Crippen LogP) is 7.16. The molecule has 0 amide bonds. The van der Waals surface area contributed by atoms with Crippen LogP contribution in [0.15, 0.2) is 59.1 Å². The zero-order chi connectivity index (χ0) is 30.1. The summed E-state index contributed by atoms with van der Waals surface area (Å²) in [6.45, 7) is 3.74. The topological polar surface area (TPSA) is 91.4 Å². The number of nitrogens with zero attached hydrogens (tertiary/aromatic N) is 6. The number of ether oxygens (including phenoxy) is 1. The van der Waals surface area contributed by atoms with Crippen molar-refractivity contribution in [3.8, 4) is 27.9 Å². The Kier molecular flexibility index (Phi) is 8.21. The highest BCUT2D eigenvalue weighted by Gasteiger charge is 2.39. The van der Waals surface area contributed by atoms with Gasteiger partial charge in [-0.1, -0.05) is 35.1 Å². The SMILES string of the molecule is Cn1cc(/C(=N/Nc2nc(-c3ccc(Cl)cc3)c(C#N)s2)C(F)(F)F)c2cc(-c3nc(CN4CCOCC4)cs3)ccc21. The first-order valence-corrected chi connectivity index (χ1v) is 15.2. The zero-order valence-corrected chi connectivity index (χ0v) is 25.0. The third-order valence-corrected chi connectivity index (χ3v) is 8.97. The first-order valence-electron chi connectivity index (χ1n) is 13.1. The average Bonchev–Trinajstić information content (AvgIpc) is 3.71. The van der Waals surface area contributed by atoms with Crippen molar-refractivity contribution < 1.29 is 17.9 Å². The van der Waals surface area contributed by atoms with Crippen LogP contribution in [0.4, 0.5) is 18.3 Å². The fourth-order valence-corrected chi connectivity index (χ4v) is 6.50. The number of fused-ring (bicyclic) bond motifs is 1. The molecule has 220 valence electrons. The van der Waals surface area contributed by atoms with Crippen molar-refractivity contribution in [2.45, 2.75) is 12.7 Å². The number of thiazole rings is 2. The predicted molar refractivity (Wildman–Crippen MR) is 164 cm³/mol. The molecule has 1 saturated heterocycles. The molecule has 1 aliphatic rings. The van der Waals surface area contributed by atoms with Gasteiger partial charge in [-0.05, 0) is 30.3 Å². The Morgan fingerprint density at radius 3 is 2.60 bits per heavy atom. The smallest absolute Gasteiger partial charge is 0.379 e. The summed E-state index contributed by atoms with van der Waals surface area (Å²) < 4.78 is 50.4. The van der Waals surface area contributed by atoms with Gasteiger partial charge in [-0.15, -0.1) is 11.3 Å². The Morgan fingerprint density at radius 1 is 1.14 bits per heavy atom. The number of morpholine rings is 1. The summed E-state index contributed by atoms with van der Waals surface area (Å²) in [6, 6.07) is 14.1. The van der Waals surface area contributed by atoms with E-state index in [-0.39, 0.29) is 15.6 Å². The van der Waals surface area contributed by atoms with Gasteiger partial charge in [0.15, 0.2) is 5.71 Å². The summed E-state index contributed by atoms with van der Waals surface area (Å²) in [5.41, 5.74) is 4.46. The Morgan fingerprint density at radius 2 is 1.88 bits per heavy atom. The van der Waals surface area contributed by atoms with Crippen molar-refractivity contribution in [3.63, 3.8) is 0 Å². The maximum Gasteiger partial charge on any atom is 0.435 e. The van der Waals surface area contributed by atoms with Crippen LogP contribution in [0.1, 0.15) is 16.1 Å². The lowest BCUT2D eigenvalue weighted by molar-refractivity contribution is -0.0580. The molecule has 3 aromatic heterocycles. The molecule has 8 nitrogen and oxygen atoms in total. The summed E-state index contributed by atoms with van der Waals surface area (Å²) in [4.78, 5) is 11.6. The number of aryl methyl sites for hydroxylation is 1. The van der Waals surface area contributed by atoms with Crippen LogP contribution in [0.3, 0.4) is 0 Å². The van der Waals surface area contributed by atoms with Crippen molar-refractivity contribution in [3.05, 3.63) is 75.2 Å². The number of anilines is 1. The number of nitrogens with one attached hydrogen (secondary N) is 1. The van der Waals surface area contributed by atoms with Crippen LogP contribution in [0.5, 0.6) is 0 Å². The van der Waals surface area contributed by atoms with Gasteiger partial charge in [0, 0.05) is 70.9 Å². The van der Waals surface area contributed by atoms with Crippen LogP contribution in [0, 0.1) is 11.3 Å². The number of hydrazone groups is 1. The molecule has 0 spiro atoms. The minimum absolute atomic E-state index is 0.0553. The molecule has 43 heavy (non-hydrogen) atoms. The summed E-state index contributed by atoms with van der Waals surface area (Å²) in [6.07, 6.45) is -3.37. The fourth-order valence-electron chi connectivity index (χ4n) is 4.84. The lowest BCUT2D eigenvalue weighted by Gasteiger charge is -2.25. The Balaban J connectivity index is 1.32. The molecule has 0 aliphatic carbocycles. The van der Waals surface area contributed by atoms with E-state index in [9.17, 15) is 18.4 Å². The van der Waals surface area contributed by atoms with Gasteiger partial charge in [-0.2, -0.15) is 23.5 Å². The Hall–Kier alpha value is -3.80. The van der Waals surface area contributed by atoms with E-state index in [1.54, 1.807) is 48.0 Å². The Bertz CT molecular complexity index is 1850. The number of alkyl halides is 3. The van der Waals surface area contributed by atoms with Crippen molar-refractivity contribution in [1.82, 2.24) is 19.4 Å². The summed E-state index contributed by atoms with van der Waals surface area (Å²) in [5.74, 6) is 0. The second kappa shape index (κ2) is 12.1. The number of aromatic nitrogens is 3. The molecule has 14 heteroatoms. The van der Waals surface area contributed by atoms with Gasteiger partial charge < -0.3 is 9.30 Å². The second-order valence-corrected chi connectivity index (χ2v) is 12.1. The first kappa shape index (κ1) is 29.3. The highest BCUT2D eigenvalue weighted by Crippen LogP contribution is 2.35. The maximum atomic E-state index is 14.5. The van der Waals surface area contributed by atoms with Gasteiger partial charge in [0.05, 0.1) is 18.9 Å². The number of hydrogen-bond acceptors (Lipinski definition) is 9. The van der Waals surface area contributed by atoms with Crippen LogP contribution in [-0.4, -0.2) is 57.6 Å². The zero-order valence-electron chi connectivity index (χ0n) is 22.7. The normalized spacial score (nSPS) is 14.7. The van der Waals surface area contributed by atoms with Gasteiger partial charge in [0.25, 0.3) is 0 Å². The number of halogens is 4. The first-order chi connectivity index (χ1) is 20.7. The third kappa shape index (κ3) is 6.29. The maximum absolute atomic E-state index is 14.5. The molecule has 0 unspecified atom stereocenters. The lowest BCUT2D eigenvalue weighted by atomic mass is 10.1. The molecule has 0 radical (unpaired) electrons. The highest BCUT2D eigenvalue weighted by molar-refractivity contribution is 7.16. The van der Waals surface area contributed by atoms with E-state index in [0.29, 0.717) is 46.9 Å². The van der Waals surface area contributed by atoms with Crippen LogP contribution >= 0.6 is 34.3 Å². The molecule has 5 aromatic rings. The van der Waals surface area contributed by atoms with E-state index in [1.165, 1.54) is 17.5 Å². The van der Waals surface area contributed by atoms with Crippen molar-refractivity contribution in [2.75, 3.05) is 31.7 Å². The van der Waals surface area contributed by atoms with Gasteiger partial charge in [0.1, 0.15) is 21.6 Å². The van der Waals surface area contributed by atoms with Crippen LogP contribution in [0.25, 0.3) is 32.7 Å². The van der Waals surface area contributed by atoms with E-state index in [4.69, 9.17) is 21.3 Å². The fraction of sp³-hybridized carbons (Fsp3) is 0.241. The molecule has 1 aliphatic heterocycles. The van der Waals surface area contributed by atoms with E-state index >= 15 is 0 Å². The summed E-state index contributed by atoms with van der Waals surface area (Å²) >= 11 is 8.33. The van der Waals surface area contributed by atoms with Crippen molar-refractivity contribution >= 4 is 56.0 Å². The van der Waals surface area contributed by atoms with E-state index < -0.39 is 11.9 Å². The number of nitriles is 1. The Labute approximate surface area is 257 Å². The monoisotopic (exact) mass is 641 g/mol. The van der Waals surface area contributed by atoms with Gasteiger partial charge in [-0.3, -0.25) is 10.3 Å². The molecular formula is C29H23ClF3N7OS2. The third-order valence-electron chi connectivity index (χ3n) is 6.91. The van der Waals surface area contributed by atoms with Gasteiger partial charge in [-0.25, -0.2) is 9.97 Å². The molecule has 0 atom stereocenters. The molecule has 6 rings (SSSR count). The lowest BCUT2D eigenvalue weighted by Crippen LogP contribution is -2.35. The van der Waals surface area contributed by atoms with Gasteiger partial charge >= 0.3 is 6.18 Å². The number of rotatable bonds is 7.